The highest BCUT2D eigenvalue weighted by molar-refractivity contribution is 7.10. The molecule has 1 aliphatic rings. The first-order chi connectivity index (χ1) is 6.36. The largest absolute Gasteiger partial charge is 0.316 e. The molecular weight excluding hydrogens is 178 g/mol. The molecule has 1 fully saturated rings. The van der Waals surface area contributed by atoms with Crippen LogP contribution < -0.4 is 5.32 Å². The zero-order valence-electron chi connectivity index (χ0n) is 7.92. The van der Waals surface area contributed by atoms with Crippen molar-refractivity contribution < 1.29 is 0 Å². The molecule has 1 N–H and O–H groups in total. The standard InChI is InChI=1S/C11H15NS/c1-9(10-4-5-12-8-10)7-11-3-2-6-13-11/h2-3,6-7,10,12H,4-5,8H2,1H3/b9-7-. The third-order valence-corrected chi connectivity index (χ3v) is 3.44. The van der Waals surface area contributed by atoms with Gasteiger partial charge in [-0.1, -0.05) is 11.6 Å². The third kappa shape index (κ3) is 2.20. The topological polar surface area (TPSA) is 12.0 Å². The molecule has 1 aliphatic heterocycles. The van der Waals surface area contributed by atoms with E-state index in [1.54, 1.807) is 0 Å². The Hall–Kier alpha value is -0.600. The number of hydrogen-bond donors (Lipinski definition) is 1. The molecule has 1 saturated heterocycles. The summed E-state index contributed by atoms with van der Waals surface area (Å²) < 4.78 is 0. The summed E-state index contributed by atoms with van der Waals surface area (Å²) in [6, 6.07) is 4.28. The van der Waals surface area contributed by atoms with Gasteiger partial charge in [-0.25, -0.2) is 0 Å². The van der Waals surface area contributed by atoms with Crippen LogP contribution in [0.25, 0.3) is 6.08 Å². The van der Waals surface area contributed by atoms with Gasteiger partial charge in [-0.05, 0) is 43.3 Å². The van der Waals surface area contributed by atoms with Crippen LogP contribution in [0.1, 0.15) is 18.2 Å². The molecule has 1 aromatic heterocycles. The van der Waals surface area contributed by atoms with Crippen molar-refractivity contribution in [2.75, 3.05) is 13.1 Å². The molecular formula is C11H15NS. The minimum atomic E-state index is 0.766. The van der Waals surface area contributed by atoms with Crippen molar-refractivity contribution in [1.29, 1.82) is 0 Å². The van der Waals surface area contributed by atoms with Crippen LogP contribution in [0.15, 0.2) is 23.1 Å². The molecule has 0 amide bonds. The molecule has 2 heteroatoms. The van der Waals surface area contributed by atoms with Crippen molar-refractivity contribution in [3.05, 3.63) is 28.0 Å². The fraction of sp³-hybridized carbons (Fsp3) is 0.455. The molecule has 0 radical (unpaired) electrons. The van der Waals surface area contributed by atoms with E-state index in [0.29, 0.717) is 0 Å². The number of nitrogens with one attached hydrogen (secondary N) is 1. The third-order valence-electron chi connectivity index (χ3n) is 2.62. The van der Waals surface area contributed by atoms with Crippen molar-refractivity contribution in [2.45, 2.75) is 13.3 Å². The predicted octanol–water partition coefficient (Wildman–Crippen LogP) is 2.76. The van der Waals surface area contributed by atoms with E-state index in [1.807, 2.05) is 11.3 Å². The van der Waals surface area contributed by atoms with Crippen molar-refractivity contribution >= 4 is 17.4 Å². The maximum atomic E-state index is 3.40. The average Bonchev–Trinajstić information content (AvgIpc) is 2.74. The van der Waals surface area contributed by atoms with Gasteiger partial charge in [0, 0.05) is 11.4 Å². The summed E-state index contributed by atoms with van der Waals surface area (Å²) in [6.07, 6.45) is 3.62. The summed E-state index contributed by atoms with van der Waals surface area (Å²) >= 11 is 1.81. The first-order valence-corrected chi connectivity index (χ1v) is 5.66. The van der Waals surface area contributed by atoms with E-state index in [-0.39, 0.29) is 0 Å². The van der Waals surface area contributed by atoms with Crippen molar-refractivity contribution in [2.24, 2.45) is 5.92 Å². The molecule has 0 bridgehead atoms. The van der Waals surface area contributed by atoms with E-state index in [9.17, 15) is 0 Å². The Kier molecular flexibility index (Phi) is 2.81. The van der Waals surface area contributed by atoms with Crippen molar-refractivity contribution in [3.8, 4) is 0 Å². The van der Waals surface area contributed by atoms with E-state index in [0.717, 1.165) is 12.5 Å². The lowest BCUT2D eigenvalue weighted by atomic mass is 9.99. The highest BCUT2D eigenvalue weighted by atomic mass is 32.1. The Morgan fingerprint density at radius 1 is 1.69 bits per heavy atom. The fourth-order valence-corrected chi connectivity index (χ4v) is 2.48. The molecule has 0 aliphatic carbocycles. The predicted molar refractivity (Wildman–Crippen MR) is 58.9 cm³/mol. The van der Waals surface area contributed by atoms with Gasteiger partial charge in [-0.15, -0.1) is 11.3 Å². The Bertz CT molecular complexity index is 281. The van der Waals surface area contributed by atoms with Gasteiger partial charge in [-0.3, -0.25) is 0 Å². The lowest BCUT2D eigenvalue weighted by Crippen LogP contribution is -2.09. The van der Waals surface area contributed by atoms with Crippen LogP contribution in [0.5, 0.6) is 0 Å². The van der Waals surface area contributed by atoms with E-state index in [2.05, 4.69) is 35.8 Å². The highest BCUT2D eigenvalue weighted by Gasteiger charge is 2.15. The van der Waals surface area contributed by atoms with Gasteiger partial charge < -0.3 is 5.32 Å². The number of thiophene rings is 1. The highest BCUT2D eigenvalue weighted by Crippen LogP contribution is 2.22. The van der Waals surface area contributed by atoms with Gasteiger partial charge >= 0.3 is 0 Å². The Morgan fingerprint density at radius 3 is 3.23 bits per heavy atom. The van der Waals surface area contributed by atoms with E-state index >= 15 is 0 Å². The molecule has 2 heterocycles. The van der Waals surface area contributed by atoms with Gasteiger partial charge in [0.15, 0.2) is 0 Å². The van der Waals surface area contributed by atoms with Gasteiger partial charge in [0.05, 0.1) is 0 Å². The first-order valence-electron chi connectivity index (χ1n) is 4.78. The summed E-state index contributed by atoms with van der Waals surface area (Å²) in [4.78, 5) is 1.38. The van der Waals surface area contributed by atoms with Gasteiger partial charge in [0.2, 0.25) is 0 Å². The summed E-state index contributed by atoms with van der Waals surface area (Å²) in [7, 11) is 0. The zero-order chi connectivity index (χ0) is 9.10. The monoisotopic (exact) mass is 193 g/mol. The summed E-state index contributed by atoms with van der Waals surface area (Å²) in [6.45, 7) is 4.59. The van der Waals surface area contributed by atoms with Crippen LogP contribution in [0.3, 0.4) is 0 Å². The van der Waals surface area contributed by atoms with Crippen LogP contribution in [0.2, 0.25) is 0 Å². The number of hydrogen-bond acceptors (Lipinski definition) is 2. The first kappa shape index (κ1) is 8.97. The second kappa shape index (κ2) is 4.07. The molecule has 0 aromatic carbocycles. The second-order valence-electron chi connectivity index (χ2n) is 3.59. The minimum Gasteiger partial charge on any atom is -0.316 e. The second-order valence-corrected chi connectivity index (χ2v) is 4.57. The molecule has 1 nitrogen and oxygen atoms in total. The fourth-order valence-electron chi connectivity index (χ4n) is 1.76. The van der Waals surface area contributed by atoms with Crippen molar-refractivity contribution in [3.63, 3.8) is 0 Å². The SMILES string of the molecule is C/C(=C/c1cccs1)C1CCNC1. The maximum absolute atomic E-state index is 3.40. The van der Waals surface area contributed by atoms with Gasteiger partial charge in [0.25, 0.3) is 0 Å². The van der Waals surface area contributed by atoms with Crippen LogP contribution in [0, 0.1) is 5.92 Å². The number of rotatable bonds is 2. The van der Waals surface area contributed by atoms with E-state index in [1.165, 1.54) is 23.4 Å². The lowest BCUT2D eigenvalue weighted by Gasteiger charge is -2.07. The molecule has 1 aromatic rings. The molecule has 0 saturated carbocycles. The van der Waals surface area contributed by atoms with Crippen molar-refractivity contribution in [1.82, 2.24) is 5.32 Å². The van der Waals surface area contributed by atoms with E-state index in [4.69, 9.17) is 0 Å². The quantitative estimate of drug-likeness (QED) is 0.761. The Balaban J connectivity index is 2.07. The Labute approximate surface area is 83.5 Å². The molecule has 1 unspecified atom stereocenters. The normalized spacial score (nSPS) is 23.8. The smallest absolute Gasteiger partial charge is 0.0269 e. The van der Waals surface area contributed by atoms with E-state index < -0.39 is 0 Å². The molecule has 2 rings (SSSR count). The maximum Gasteiger partial charge on any atom is 0.0269 e. The van der Waals surface area contributed by atoms with Crippen LogP contribution >= 0.6 is 11.3 Å². The van der Waals surface area contributed by atoms with Crippen LogP contribution in [0.4, 0.5) is 0 Å². The summed E-state index contributed by atoms with van der Waals surface area (Å²) in [5.41, 5.74) is 1.52. The Morgan fingerprint density at radius 2 is 2.62 bits per heavy atom. The van der Waals surface area contributed by atoms with Gasteiger partial charge in [-0.2, -0.15) is 0 Å². The minimum absolute atomic E-state index is 0.766. The lowest BCUT2D eigenvalue weighted by molar-refractivity contribution is 0.687. The van der Waals surface area contributed by atoms with Crippen LogP contribution in [-0.4, -0.2) is 13.1 Å². The molecule has 70 valence electrons. The molecule has 1 atom stereocenters. The summed E-state index contributed by atoms with van der Waals surface area (Å²) in [5.74, 6) is 0.766. The zero-order valence-corrected chi connectivity index (χ0v) is 8.73. The average molecular weight is 193 g/mol. The summed E-state index contributed by atoms with van der Waals surface area (Å²) in [5, 5.41) is 5.53. The van der Waals surface area contributed by atoms with Gasteiger partial charge in [0.1, 0.15) is 0 Å². The van der Waals surface area contributed by atoms with Crippen LogP contribution in [-0.2, 0) is 0 Å². The molecule has 13 heavy (non-hydrogen) atoms. The molecule has 0 spiro atoms.